The van der Waals surface area contributed by atoms with Crippen molar-refractivity contribution in [3.05, 3.63) is 12.4 Å². The maximum Gasteiger partial charge on any atom is 0.147 e. The molecule has 2 N–H and O–H groups in total. The largest absolute Gasteiger partial charge is 0.382 e. The van der Waals surface area contributed by atoms with Gasteiger partial charge in [0.15, 0.2) is 0 Å². The average Bonchev–Trinajstić information content (AvgIpc) is 2.20. The minimum atomic E-state index is 0.456. The normalized spacial score (nSPS) is 17.4. The van der Waals surface area contributed by atoms with E-state index in [1.807, 2.05) is 0 Å². The molecular weight excluding hydrogens is 168 g/mol. The lowest BCUT2D eigenvalue weighted by Gasteiger charge is -2.27. The first-order chi connectivity index (χ1) is 6.36. The van der Waals surface area contributed by atoms with Crippen molar-refractivity contribution in [1.29, 1.82) is 0 Å². The second kappa shape index (κ2) is 3.57. The monoisotopic (exact) mass is 180 g/mol. The Morgan fingerprint density at radius 2 is 2.00 bits per heavy atom. The first kappa shape index (κ1) is 8.25. The highest BCUT2D eigenvalue weighted by Gasteiger charge is 2.11. The first-order valence-electron chi connectivity index (χ1n) is 4.26. The summed E-state index contributed by atoms with van der Waals surface area (Å²) in [5.41, 5.74) is 5.44. The Morgan fingerprint density at radius 3 is 2.62 bits per heavy atom. The molecule has 13 heavy (non-hydrogen) atoms. The summed E-state index contributed by atoms with van der Waals surface area (Å²) in [5.74, 6) is 1.33. The van der Waals surface area contributed by atoms with Crippen molar-refractivity contribution in [2.45, 2.75) is 0 Å². The Kier molecular flexibility index (Phi) is 2.27. The molecule has 0 amide bonds. The van der Waals surface area contributed by atoms with E-state index in [2.05, 4.69) is 14.9 Å². The standard InChI is InChI=1S/C8H12N4O/c9-7-5-11-8(6-10-7)12-1-3-13-4-2-12/h5-6H,1-4H2,(H2,9,10). The quantitative estimate of drug-likeness (QED) is 0.653. The smallest absolute Gasteiger partial charge is 0.147 e. The lowest BCUT2D eigenvalue weighted by atomic mass is 10.4. The zero-order valence-electron chi connectivity index (χ0n) is 7.31. The van der Waals surface area contributed by atoms with Gasteiger partial charge in [0, 0.05) is 13.1 Å². The molecule has 70 valence electrons. The van der Waals surface area contributed by atoms with Gasteiger partial charge in [0.05, 0.1) is 25.6 Å². The van der Waals surface area contributed by atoms with Crippen LogP contribution in [0, 0.1) is 0 Å². The van der Waals surface area contributed by atoms with Crippen molar-refractivity contribution < 1.29 is 4.74 Å². The lowest BCUT2D eigenvalue weighted by molar-refractivity contribution is 0.122. The molecule has 0 atom stereocenters. The number of hydrogen-bond donors (Lipinski definition) is 1. The molecule has 0 aromatic carbocycles. The summed E-state index contributed by atoms with van der Waals surface area (Å²) in [4.78, 5) is 10.3. The van der Waals surface area contributed by atoms with Gasteiger partial charge in [0.25, 0.3) is 0 Å². The van der Waals surface area contributed by atoms with Gasteiger partial charge in [-0.3, -0.25) is 0 Å². The van der Waals surface area contributed by atoms with Gasteiger partial charge in [-0.2, -0.15) is 0 Å². The van der Waals surface area contributed by atoms with Gasteiger partial charge in [-0.1, -0.05) is 0 Å². The van der Waals surface area contributed by atoms with Crippen LogP contribution in [0.4, 0.5) is 11.6 Å². The number of ether oxygens (including phenoxy) is 1. The number of nitrogens with zero attached hydrogens (tertiary/aromatic N) is 3. The van der Waals surface area contributed by atoms with Crippen molar-refractivity contribution in [3.63, 3.8) is 0 Å². The highest BCUT2D eigenvalue weighted by atomic mass is 16.5. The van der Waals surface area contributed by atoms with Crippen molar-refractivity contribution in [2.24, 2.45) is 0 Å². The van der Waals surface area contributed by atoms with Crippen LogP contribution in [0.1, 0.15) is 0 Å². The molecule has 1 saturated heterocycles. The van der Waals surface area contributed by atoms with E-state index in [4.69, 9.17) is 10.5 Å². The summed E-state index contributed by atoms with van der Waals surface area (Å²) in [6.45, 7) is 3.26. The molecule has 1 aliphatic rings. The molecule has 0 unspecified atom stereocenters. The van der Waals surface area contributed by atoms with Crippen LogP contribution in [-0.4, -0.2) is 36.3 Å². The number of rotatable bonds is 1. The molecule has 0 radical (unpaired) electrons. The molecule has 1 fully saturated rings. The zero-order chi connectivity index (χ0) is 9.10. The van der Waals surface area contributed by atoms with Crippen molar-refractivity contribution in [3.8, 4) is 0 Å². The summed E-state index contributed by atoms with van der Waals surface area (Å²) < 4.78 is 5.23. The fourth-order valence-corrected chi connectivity index (χ4v) is 1.29. The fraction of sp³-hybridized carbons (Fsp3) is 0.500. The van der Waals surface area contributed by atoms with Gasteiger partial charge in [-0.25, -0.2) is 9.97 Å². The van der Waals surface area contributed by atoms with E-state index in [1.54, 1.807) is 12.4 Å². The Morgan fingerprint density at radius 1 is 1.23 bits per heavy atom. The molecule has 2 rings (SSSR count). The number of morpholine rings is 1. The van der Waals surface area contributed by atoms with E-state index < -0.39 is 0 Å². The highest BCUT2D eigenvalue weighted by Crippen LogP contribution is 2.10. The third kappa shape index (κ3) is 1.86. The molecule has 5 heteroatoms. The number of aromatic nitrogens is 2. The fourth-order valence-electron chi connectivity index (χ4n) is 1.29. The number of anilines is 2. The van der Waals surface area contributed by atoms with Crippen LogP contribution in [0.2, 0.25) is 0 Å². The molecule has 1 aromatic rings. The Hall–Kier alpha value is -1.36. The maximum absolute atomic E-state index is 5.44. The van der Waals surface area contributed by atoms with Crippen LogP contribution in [0.5, 0.6) is 0 Å². The van der Waals surface area contributed by atoms with E-state index in [0.29, 0.717) is 5.82 Å². The van der Waals surface area contributed by atoms with Gasteiger partial charge in [0.2, 0.25) is 0 Å². The topological polar surface area (TPSA) is 64.3 Å². The Bertz CT molecular complexity index is 268. The first-order valence-corrected chi connectivity index (χ1v) is 4.26. The third-order valence-electron chi connectivity index (χ3n) is 1.99. The second-order valence-electron chi connectivity index (χ2n) is 2.90. The highest BCUT2D eigenvalue weighted by molar-refractivity contribution is 5.39. The summed E-state index contributed by atoms with van der Waals surface area (Å²) in [6, 6.07) is 0. The predicted molar refractivity (Wildman–Crippen MR) is 49.5 cm³/mol. The lowest BCUT2D eigenvalue weighted by Crippen LogP contribution is -2.36. The average molecular weight is 180 g/mol. The molecule has 5 nitrogen and oxygen atoms in total. The van der Waals surface area contributed by atoms with Gasteiger partial charge in [0.1, 0.15) is 11.6 Å². The van der Waals surface area contributed by atoms with Crippen LogP contribution in [-0.2, 0) is 4.74 Å². The van der Waals surface area contributed by atoms with Gasteiger partial charge in [-0.05, 0) is 0 Å². The summed E-state index contributed by atoms with van der Waals surface area (Å²) >= 11 is 0. The molecule has 0 spiro atoms. The van der Waals surface area contributed by atoms with Gasteiger partial charge in [-0.15, -0.1) is 0 Å². The SMILES string of the molecule is Nc1cnc(N2CCOCC2)cn1. The van der Waals surface area contributed by atoms with Crippen molar-refractivity contribution in [2.75, 3.05) is 36.9 Å². The van der Waals surface area contributed by atoms with Crippen LogP contribution in [0.15, 0.2) is 12.4 Å². The molecule has 0 bridgehead atoms. The minimum Gasteiger partial charge on any atom is -0.382 e. The van der Waals surface area contributed by atoms with E-state index >= 15 is 0 Å². The molecular formula is C8H12N4O. The van der Waals surface area contributed by atoms with Crippen LogP contribution >= 0.6 is 0 Å². The van der Waals surface area contributed by atoms with Crippen LogP contribution in [0.3, 0.4) is 0 Å². The Balaban J connectivity index is 2.10. The van der Waals surface area contributed by atoms with Crippen LogP contribution < -0.4 is 10.6 Å². The van der Waals surface area contributed by atoms with E-state index in [0.717, 1.165) is 32.1 Å². The minimum absolute atomic E-state index is 0.456. The van der Waals surface area contributed by atoms with E-state index in [9.17, 15) is 0 Å². The summed E-state index contributed by atoms with van der Waals surface area (Å²) in [7, 11) is 0. The Labute approximate surface area is 76.5 Å². The number of nitrogens with two attached hydrogens (primary N) is 1. The molecule has 1 aliphatic heterocycles. The maximum atomic E-state index is 5.44. The third-order valence-corrected chi connectivity index (χ3v) is 1.99. The van der Waals surface area contributed by atoms with E-state index in [-0.39, 0.29) is 0 Å². The molecule has 0 aliphatic carbocycles. The second-order valence-corrected chi connectivity index (χ2v) is 2.90. The number of nitrogen functional groups attached to an aromatic ring is 1. The molecule has 0 saturated carbocycles. The predicted octanol–water partition coefficient (Wildman–Crippen LogP) is -0.105. The zero-order valence-corrected chi connectivity index (χ0v) is 7.31. The summed E-state index contributed by atoms with van der Waals surface area (Å²) in [6.07, 6.45) is 3.27. The van der Waals surface area contributed by atoms with Crippen LogP contribution in [0.25, 0.3) is 0 Å². The van der Waals surface area contributed by atoms with Gasteiger partial charge >= 0.3 is 0 Å². The van der Waals surface area contributed by atoms with Gasteiger partial charge < -0.3 is 15.4 Å². The number of hydrogen-bond acceptors (Lipinski definition) is 5. The van der Waals surface area contributed by atoms with E-state index in [1.165, 1.54) is 0 Å². The molecule has 2 heterocycles. The van der Waals surface area contributed by atoms with Crippen molar-refractivity contribution >= 4 is 11.6 Å². The van der Waals surface area contributed by atoms with Crippen molar-refractivity contribution in [1.82, 2.24) is 9.97 Å². The molecule has 1 aromatic heterocycles. The summed E-state index contributed by atoms with van der Waals surface area (Å²) in [5, 5.41) is 0.